The second kappa shape index (κ2) is 3.89. The molecule has 1 N–H and O–H groups in total. The first-order valence-electron chi connectivity index (χ1n) is 2.71. The van der Waals surface area contributed by atoms with Gasteiger partial charge in [0.15, 0.2) is 0 Å². The monoisotopic (exact) mass is 201 g/mol. The van der Waals surface area contributed by atoms with Gasteiger partial charge in [0.2, 0.25) is 0 Å². The fourth-order valence-electron chi connectivity index (χ4n) is 0.362. The minimum absolute atomic E-state index is 0.110. The van der Waals surface area contributed by atoms with E-state index in [1.807, 2.05) is 0 Å². The van der Waals surface area contributed by atoms with Crippen molar-refractivity contribution in [3.05, 3.63) is 0 Å². The van der Waals surface area contributed by atoms with Crippen LogP contribution in [0.3, 0.4) is 0 Å². The summed E-state index contributed by atoms with van der Waals surface area (Å²) >= 11 is 0. The van der Waals surface area contributed by atoms with Crippen LogP contribution in [0.25, 0.3) is 0 Å². The van der Waals surface area contributed by atoms with E-state index in [-0.39, 0.29) is 13.0 Å². The molecule has 66 valence electrons. The molecular formula is C4H8ClNO4S. The molecule has 0 atom stereocenters. The van der Waals surface area contributed by atoms with Gasteiger partial charge in [-0.15, -0.1) is 0 Å². The van der Waals surface area contributed by atoms with E-state index >= 15 is 0 Å². The molecule has 0 spiro atoms. The van der Waals surface area contributed by atoms with E-state index in [1.54, 1.807) is 0 Å². The van der Waals surface area contributed by atoms with E-state index in [1.165, 1.54) is 7.05 Å². The van der Waals surface area contributed by atoms with Gasteiger partial charge in [0.25, 0.3) is 9.24 Å². The highest BCUT2D eigenvalue weighted by Crippen LogP contribution is 2.02. The smallest absolute Gasteiger partial charge is 0.304 e. The Hall–Kier alpha value is -0.330. The molecule has 0 amide bonds. The average molecular weight is 202 g/mol. The molecule has 0 heterocycles. The minimum atomic E-state index is -3.76. The van der Waals surface area contributed by atoms with Gasteiger partial charge in [-0.3, -0.25) is 4.79 Å². The topological polar surface area (TPSA) is 74.7 Å². The molecule has 0 aromatic carbocycles. The van der Waals surface area contributed by atoms with E-state index in [9.17, 15) is 13.2 Å². The first-order valence-corrected chi connectivity index (χ1v) is 4.98. The van der Waals surface area contributed by atoms with E-state index in [4.69, 9.17) is 15.8 Å². The van der Waals surface area contributed by atoms with Crippen LogP contribution in [0, 0.1) is 0 Å². The summed E-state index contributed by atoms with van der Waals surface area (Å²) in [6.07, 6.45) is -0.248. The predicted molar refractivity (Wildman–Crippen MR) is 39.7 cm³/mol. The van der Waals surface area contributed by atoms with Crippen molar-refractivity contribution in [2.75, 3.05) is 13.6 Å². The average Bonchev–Trinajstić information content (AvgIpc) is 1.80. The van der Waals surface area contributed by atoms with E-state index in [2.05, 4.69) is 0 Å². The van der Waals surface area contributed by atoms with Crippen molar-refractivity contribution in [2.45, 2.75) is 6.42 Å². The summed E-state index contributed by atoms with van der Waals surface area (Å²) in [5, 5.41) is 8.16. The Morgan fingerprint density at radius 2 is 2.09 bits per heavy atom. The maximum Gasteiger partial charge on any atom is 0.304 e. The highest BCUT2D eigenvalue weighted by atomic mass is 35.7. The quantitative estimate of drug-likeness (QED) is 0.644. The van der Waals surface area contributed by atoms with Gasteiger partial charge in [0.1, 0.15) is 0 Å². The number of nitrogens with zero attached hydrogens (tertiary/aromatic N) is 1. The van der Waals surface area contributed by atoms with Crippen molar-refractivity contribution in [1.29, 1.82) is 0 Å². The number of hydrogen-bond acceptors (Lipinski definition) is 3. The summed E-state index contributed by atoms with van der Waals surface area (Å²) in [6, 6.07) is 0. The molecular weight excluding hydrogens is 194 g/mol. The third-order valence-electron chi connectivity index (χ3n) is 1.01. The molecule has 11 heavy (non-hydrogen) atoms. The second-order valence-electron chi connectivity index (χ2n) is 1.91. The van der Waals surface area contributed by atoms with Gasteiger partial charge in [0, 0.05) is 24.3 Å². The van der Waals surface area contributed by atoms with E-state index < -0.39 is 15.2 Å². The summed E-state index contributed by atoms with van der Waals surface area (Å²) in [5.41, 5.74) is 0. The Morgan fingerprint density at radius 3 is 2.36 bits per heavy atom. The number of aliphatic carboxylic acids is 1. The standard InChI is InChI=1S/C4H8ClNO4S/c1-6(11(5,9)10)3-2-4(7)8/h2-3H2,1H3,(H,7,8). The summed E-state index contributed by atoms with van der Waals surface area (Å²) in [6.45, 7) is -0.110. The first kappa shape index (κ1) is 10.7. The third kappa shape index (κ3) is 5.00. The summed E-state index contributed by atoms with van der Waals surface area (Å²) in [5.74, 6) is -1.06. The minimum Gasteiger partial charge on any atom is -0.481 e. The zero-order chi connectivity index (χ0) is 9.07. The van der Waals surface area contributed by atoms with Crippen molar-refractivity contribution >= 4 is 25.9 Å². The van der Waals surface area contributed by atoms with Gasteiger partial charge in [-0.25, -0.2) is 0 Å². The Balaban J connectivity index is 3.90. The molecule has 0 aromatic rings. The summed E-state index contributed by atoms with van der Waals surface area (Å²) in [7, 11) is 2.33. The first-order chi connectivity index (χ1) is 4.84. The Bertz CT molecular complexity index is 236. The SMILES string of the molecule is CN(CCC(=O)O)S(=O)(=O)Cl. The van der Waals surface area contributed by atoms with Crippen LogP contribution in [-0.2, 0) is 14.0 Å². The molecule has 0 fully saturated rings. The number of carbonyl (C=O) groups is 1. The lowest BCUT2D eigenvalue weighted by Crippen LogP contribution is -2.24. The molecule has 0 aliphatic carbocycles. The lowest BCUT2D eigenvalue weighted by Gasteiger charge is -2.09. The van der Waals surface area contributed by atoms with Crippen molar-refractivity contribution in [1.82, 2.24) is 4.31 Å². The Labute approximate surface area is 69.1 Å². The van der Waals surface area contributed by atoms with Gasteiger partial charge >= 0.3 is 5.97 Å². The maximum atomic E-state index is 10.4. The molecule has 0 aliphatic rings. The van der Waals surface area contributed by atoms with Crippen LogP contribution >= 0.6 is 10.7 Å². The van der Waals surface area contributed by atoms with Gasteiger partial charge < -0.3 is 5.11 Å². The van der Waals surface area contributed by atoms with Gasteiger partial charge in [0.05, 0.1) is 6.42 Å². The van der Waals surface area contributed by atoms with E-state index in [0.717, 1.165) is 4.31 Å². The van der Waals surface area contributed by atoms with Crippen molar-refractivity contribution in [2.24, 2.45) is 0 Å². The third-order valence-corrected chi connectivity index (χ3v) is 2.65. The molecule has 0 saturated carbocycles. The Kier molecular flexibility index (Phi) is 3.77. The lowest BCUT2D eigenvalue weighted by atomic mass is 10.4. The molecule has 0 rings (SSSR count). The van der Waals surface area contributed by atoms with Gasteiger partial charge in [-0.05, 0) is 0 Å². The van der Waals surface area contributed by atoms with Crippen LogP contribution in [0.5, 0.6) is 0 Å². The fourth-order valence-corrected chi connectivity index (χ4v) is 0.879. The lowest BCUT2D eigenvalue weighted by molar-refractivity contribution is -0.137. The van der Waals surface area contributed by atoms with Gasteiger partial charge in [-0.1, -0.05) is 0 Å². The fraction of sp³-hybridized carbons (Fsp3) is 0.750. The zero-order valence-corrected chi connectivity index (χ0v) is 7.39. The number of carboxylic acids is 1. The number of carboxylic acid groups (broad SMARTS) is 1. The number of rotatable bonds is 4. The molecule has 0 aromatic heterocycles. The van der Waals surface area contributed by atoms with Crippen LogP contribution in [0.15, 0.2) is 0 Å². The van der Waals surface area contributed by atoms with Gasteiger partial charge in [-0.2, -0.15) is 12.7 Å². The normalized spacial score (nSPS) is 11.9. The largest absolute Gasteiger partial charge is 0.481 e. The summed E-state index contributed by atoms with van der Waals surface area (Å²) in [4.78, 5) is 9.97. The maximum absolute atomic E-state index is 10.4. The van der Waals surface area contributed by atoms with Crippen LogP contribution in [0.2, 0.25) is 0 Å². The Morgan fingerprint density at radius 1 is 1.64 bits per heavy atom. The highest BCUT2D eigenvalue weighted by Gasteiger charge is 2.13. The van der Waals surface area contributed by atoms with Crippen molar-refractivity contribution < 1.29 is 18.3 Å². The van der Waals surface area contributed by atoms with E-state index in [0.29, 0.717) is 0 Å². The van der Waals surface area contributed by atoms with Crippen LogP contribution in [0.1, 0.15) is 6.42 Å². The molecule has 0 unspecified atom stereocenters. The second-order valence-corrected chi connectivity index (χ2v) is 4.52. The molecule has 0 aliphatic heterocycles. The van der Waals surface area contributed by atoms with Crippen LogP contribution in [0.4, 0.5) is 0 Å². The molecule has 7 heteroatoms. The molecule has 5 nitrogen and oxygen atoms in total. The summed E-state index contributed by atoms with van der Waals surface area (Å²) < 4.78 is 21.7. The number of halogens is 1. The van der Waals surface area contributed by atoms with Crippen LogP contribution in [-0.4, -0.2) is 37.4 Å². The molecule has 0 bridgehead atoms. The van der Waals surface area contributed by atoms with Crippen LogP contribution < -0.4 is 0 Å². The van der Waals surface area contributed by atoms with Crippen molar-refractivity contribution in [3.8, 4) is 0 Å². The van der Waals surface area contributed by atoms with Crippen molar-refractivity contribution in [3.63, 3.8) is 0 Å². The molecule has 0 radical (unpaired) electrons. The zero-order valence-electron chi connectivity index (χ0n) is 5.82. The number of hydrogen-bond donors (Lipinski definition) is 1. The highest BCUT2D eigenvalue weighted by molar-refractivity contribution is 8.11. The predicted octanol–water partition coefficient (Wildman–Crippen LogP) is -0.123. The molecule has 0 saturated heterocycles.